The summed E-state index contributed by atoms with van der Waals surface area (Å²) in [5, 5.41) is 0. The molecule has 0 saturated carbocycles. The van der Waals surface area contributed by atoms with Gasteiger partial charge in [0.2, 0.25) is 0 Å². The molecule has 0 unspecified atom stereocenters. The molecule has 0 aromatic carbocycles. The van der Waals surface area contributed by atoms with Gasteiger partial charge in [-0.1, -0.05) is 0 Å². The molecule has 1 saturated heterocycles. The van der Waals surface area contributed by atoms with Crippen molar-refractivity contribution >= 4 is 21.7 Å². The minimum absolute atomic E-state index is 0.129. The summed E-state index contributed by atoms with van der Waals surface area (Å²) < 4.78 is 6.49. The van der Waals surface area contributed by atoms with E-state index in [-0.39, 0.29) is 6.10 Å². The number of rotatable bonds is 2. The molecule has 1 aromatic heterocycles. The second kappa shape index (κ2) is 4.92. The van der Waals surface area contributed by atoms with Crippen molar-refractivity contribution in [2.24, 2.45) is 5.73 Å². The van der Waals surface area contributed by atoms with Crippen molar-refractivity contribution < 1.29 is 4.74 Å². The Morgan fingerprint density at radius 3 is 3.13 bits per heavy atom. The second-order valence-electron chi connectivity index (χ2n) is 3.51. The van der Waals surface area contributed by atoms with Crippen LogP contribution in [0.4, 0.5) is 5.82 Å². The molecule has 0 bridgehead atoms. The van der Waals surface area contributed by atoms with Crippen molar-refractivity contribution in [3.63, 3.8) is 0 Å². The normalized spacial score (nSPS) is 21.7. The van der Waals surface area contributed by atoms with Crippen LogP contribution in [0.1, 0.15) is 0 Å². The van der Waals surface area contributed by atoms with Gasteiger partial charge in [-0.3, -0.25) is 0 Å². The summed E-state index contributed by atoms with van der Waals surface area (Å²) in [6.07, 6.45) is 1.94. The molecular weight excluding hydrogens is 258 g/mol. The summed E-state index contributed by atoms with van der Waals surface area (Å²) in [5.74, 6) is 0.986. The van der Waals surface area contributed by atoms with E-state index in [9.17, 15) is 0 Å². The van der Waals surface area contributed by atoms with Gasteiger partial charge in [0.15, 0.2) is 0 Å². The molecule has 82 valence electrons. The third kappa shape index (κ3) is 2.68. The van der Waals surface area contributed by atoms with Crippen LogP contribution >= 0.6 is 15.9 Å². The van der Waals surface area contributed by atoms with Crippen LogP contribution in [-0.2, 0) is 4.74 Å². The molecule has 0 radical (unpaired) electrons. The summed E-state index contributed by atoms with van der Waals surface area (Å²) >= 11 is 3.37. The molecular formula is C10H14BrN3O. The Balaban J connectivity index is 2.06. The van der Waals surface area contributed by atoms with Gasteiger partial charge in [-0.05, 0) is 28.1 Å². The Kier molecular flexibility index (Phi) is 3.56. The highest BCUT2D eigenvalue weighted by Crippen LogP contribution is 2.17. The average molecular weight is 272 g/mol. The van der Waals surface area contributed by atoms with Gasteiger partial charge in [0, 0.05) is 30.3 Å². The molecule has 4 nitrogen and oxygen atoms in total. The molecule has 5 heteroatoms. The van der Waals surface area contributed by atoms with Crippen LogP contribution in [0.5, 0.6) is 0 Å². The van der Waals surface area contributed by atoms with Crippen LogP contribution in [0.2, 0.25) is 0 Å². The summed E-state index contributed by atoms with van der Waals surface area (Å²) in [6.45, 7) is 2.99. The molecule has 1 aromatic rings. The van der Waals surface area contributed by atoms with Gasteiger partial charge < -0.3 is 15.4 Å². The van der Waals surface area contributed by atoms with E-state index in [0.29, 0.717) is 6.54 Å². The lowest BCUT2D eigenvalue weighted by Gasteiger charge is -2.33. The van der Waals surface area contributed by atoms with Crippen molar-refractivity contribution in [3.8, 4) is 0 Å². The number of halogens is 1. The molecule has 15 heavy (non-hydrogen) atoms. The average Bonchev–Trinajstić information content (AvgIpc) is 2.30. The fourth-order valence-electron chi connectivity index (χ4n) is 1.63. The lowest BCUT2D eigenvalue weighted by Crippen LogP contribution is -2.46. The molecule has 2 N–H and O–H groups in total. The van der Waals surface area contributed by atoms with Crippen LogP contribution < -0.4 is 10.6 Å². The zero-order chi connectivity index (χ0) is 10.7. The highest BCUT2D eigenvalue weighted by Gasteiger charge is 2.19. The minimum atomic E-state index is 0.129. The predicted octanol–water partition coefficient (Wildman–Crippen LogP) is 1.01. The van der Waals surface area contributed by atoms with E-state index in [0.717, 1.165) is 30.0 Å². The topological polar surface area (TPSA) is 51.4 Å². The number of anilines is 1. The summed E-state index contributed by atoms with van der Waals surface area (Å²) in [6, 6.07) is 4.00. The number of ether oxygens (including phenoxy) is 1. The highest BCUT2D eigenvalue weighted by atomic mass is 79.9. The fourth-order valence-corrected chi connectivity index (χ4v) is 1.86. The van der Waals surface area contributed by atoms with Gasteiger partial charge in [-0.15, -0.1) is 0 Å². The molecule has 2 rings (SSSR count). The van der Waals surface area contributed by atoms with Gasteiger partial charge in [0.1, 0.15) is 5.82 Å². The molecule has 2 heterocycles. The summed E-state index contributed by atoms with van der Waals surface area (Å²) in [5.41, 5.74) is 5.59. The van der Waals surface area contributed by atoms with Crippen molar-refractivity contribution in [2.75, 3.05) is 31.1 Å². The smallest absolute Gasteiger partial charge is 0.128 e. The molecule has 1 fully saturated rings. The monoisotopic (exact) mass is 271 g/mol. The summed E-state index contributed by atoms with van der Waals surface area (Å²) in [4.78, 5) is 6.56. The highest BCUT2D eigenvalue weighted by molar-refractivity contribution is 9.10. The first-order valence-electron chi connectivity index (χ1n) is 4.98. The Labute approximate surface area is 97.6 Å². The predicted molar refractivity (Wildman–Crippen MR) is 62.9 cm³/mol. The number of pyridine rings is 1. The molecule has 1 aliphatic rings. The van der Waals surface area contributed by atoms with E-state index in [4.69, 9.17) is 10.5 Å². The Hall–Kier alpha value is -0.650. The standard InChI is InChI=1S/C10H14BrN3O/c11-8-1-2-10(13-6-8)14-3-4-15-9(5-12)7-14/h1-2,6,9H,3-5,7,12H2/t9-/m1/s1. The Morgan fingerprint density at radius 1 is 1.60 bits per heavy atom. The van der Waals surface area contributed by atoms with Gasteiger partial charge in [0.05, 0.1) is 12.7 Å². The van der Waals surface area contributed by atoms with Crippen LogP contribution in [0.15, 0.2) is 22.8 Å². The number of hydrogen-bond donors (Lipinski definition) is 1. The van der Waals surface area contributed by atoms with Gasteiger partial charge in [-0.2, -0.15) is 0 Å². The molecule has 1 aliphatic heterocycles. The number of nitrogens with zero attached hydrogens (tertiary/aromatic N) is 2. The van der Waals surface area contributed by atoms with E-state index in [1.165, 1.54) is 0 Å². The van der Waals surface area contributed by atoms with Crippen LogP contribution in [0.3, 0.4) is 0 Å². The van der Waals surface area contributed by atoms with Crippen molar-refractivity contribution in [1.29, 1.82) is 0 Å². The zero-order valence-corrected chi connectivity index (χ0v) is 9.98. The van der Waals surface area contributed by atoms with Gasteiger partial charge >= 0.3 is 0 Å². The van der Waals surface area contributed by atoms with E-state index in [1.807, 2.05) is 18.3 Å². The number of morpholine rings is 1. The third-order valence-corrected chi connectivity index (χ3v) is 2.91. The third-order valence-electron chi connectivity index (χ3n) is 2.44. The maximum Gasteiger partial charge on any atom is 0.128 e. The van der Waals surface area contributed by atoms with Gasteiger partial charge in [0.25, 0.3) is 0 Å². The van der Waals surface area contributed by atoms with E-state index in [1.54, 1.807) is 0 Å². The number of nitrogens with two attached hydrogens (primary N) is 1. The van der Waals surface area contributed by atoms with E-state index >= 15 is 0 Å². The van der Waals surface area contributed by atoms with Crippen LogP contribution in [0.25, 0.3) is 0 Å². The molecule has 0 spiro atoms. The molecule has 1 atom stereocenters. The van der Waals surface area contributed by atoms with Crippen LogP contribution in [-0.4, -0.2) is 37.3 Å². The van der Waals surface area contributed by atoms with Crippen molar-refractivity contribution in [3.05, 3.63) is 22.8 Å². The summed E-state index contributed by atoms with van der Waals surface area (Å²) in [7, 11) is 0. The quantitative estimate of drug-likeness (QED) is 0.873. The number of hydrogen-bond acceptors (Lipinski definition) is 4. The first-order chi connectivity index (χ1) is 7.29. The maximum atomic E-state index is 5.59. The molecule has 0 aliphatic carbocycles. The lowest BCUT2D eigenvalue weighted by molar-refractivity contribution is 0.0463. The van der Waals surface area contributed by atoms with Crippen molar-refractivity contribution in [1.82, 2.24) is 4.98 Å². The first kappa shape index (κ1) is 10.9. The van der Waals surface area contributed by atoms with E-state index < -0.39 is 0 Å². The molecule has 0 amide bonds. The largest absolute Gasteiger partial charge is 0.373 e. The minimum Gasteiger partial charge on any atom is -0.373 e. The van der Waals surface area contributed by atoms with Crippen molar-refractivity contribution in [2.45, 2.75) is 6.10 Å². The SMILES string of the molecule is NC[C@@H]1CN(c2ccc(Br)cn2)CCO1. The first-order valence-corrected chi connectivity index (χ1v) is 5.77. The second-order valence-corrected chi connectivity index (χ2v) is 4.42. The maximum absolute atomic E-state index is 5.59. The Morgan fingerprint density at radius 2 is 2.47 bits per heavy atom. The number of aromatic nitrogens is 1. The lowest BCUT2D eigenvalue weighted by atomic mass is 10.2. The van der Waals surface area contributed by atoms with E-state index in [2.05, 4.69) is 25.8 Å². The van der Waals surface area contributed by atoms with Crippen LogP contribution in [0, 0.1) is 0 Å². The van der Waals surface area contributed by atoms with Gasteiger partial charge in [-0.25, -0.2) is 4.98 Å². The Bertz CT molecular complexity index is 317. The fraction of sp³-hybridized carbons (Fsp3) is 0.500. The zero-order valence-electron chi connectivity index (χ0n) is 8.40.